The Morgan fingerprint density at radius 2 is 1.83 bits per heavy atom. The number of carbonyl (C=O) groups is 2. The highest BCUT2D eigenvalue weighted by Crippen LogP contribution is 2.24. The molecule has 0 bridgehead atoms. The van der Waals surface area contributed by atoms with Gasteiger partial charge in [0.1, 0.15) is 5.69 Å². The predicted octanol–water partition coefficient (Wildman–Crippen LogP) is 3.74. The van der Waals surface area contributed by atoms with Crippen molar-refractivity contribution in [2.75, 3.05) is 43.0 Å². The van der Waals surface area contributed by atoms with Crippen LogP contribution in [0.1, 0.15) is 42.7 Å². The largest absolute Gasteiger partial charge is 0.450 e. The molecule has 3 rings (SSSR count). The minimum atomic E-state index is -0.265. The number of hydrogen-bond donors (Lipinski definition) is 1. The highest BCUT2D eigenvalue weighted by molar-refractivity contribution is 6.03. The summed E-state index contributed by atoms with van der Waals surface area (Å²) < 4.78 is 5.05. The lowest BCUT2D eigenvalue weighted by atomic mass is 10.0. The average molecular weight is 396 g/mol. The van der Waals surface area contributed by atoms with Crippen LogP contribution in [0.3, 0.4) is 0 Å². The summed E-state index contributed by atoms with van der Waals surface area (Å²) in [6.07, 6.45) is 1.45. The summed E-state index contributed by atoms with van der Waals surface area (Å²) in [5, 5.41) is 2.96. The fourth-order valence-corrected chi connectivity index (χ4v) is 3.37. The van der Waals surface area contributed by atoms with Crippen molar-refractivity contribution in [2.45, 2.75) is 26.7 Å². The van der Waals surface area contributed by atoms with E-state index in [1.807, 2.05) is 30.3 Å². The second-order valence-corrected chi connectivity index (χ2v) is 7.27. The summed E-state index contributed by atoms with van der Waals surface area (Å²) in [5.41, 5.74) is 3.22. The van der Waals surface area contributed by atoms with Gasteiger partial charge in [-0.05, 0) is 36.6 Å². The lowest BCUT2D eigenvalue weighted by Crippen LogP contribution is -2.49. The molecular weight excluding hydrogens is 368 g/mol. The smallest absolute Gasteiger partial charge is 0.409 e. The maximum Gasteiger partial charge on any atom is 0.409 e. The van der Waals surface area contributed by atoms with Crippen molar-refractivity contribution >= 4 is 23.4 Å². The molecule has 1 aliphatic heterocycles. The third-order valence-electron chi connectivity index (χ3n) is 4.98. The zero-order chi connectivity index (χ0) is 20.8. The molecule has 154 valence electrons. The third kappa shape index (κ3) is 5.04. The van der Waals surface area contributed by atoms with Crippen LogP contribution in [0, 0.1) is 0 Å². The number of pyridine rings is 1. The monoisotopic (exact) mass is 396 g/mol. The van der Waals surface area contributed by atoms with Crippen molar-refractivity contribution < 1.29 is 14.3 Å². The Morgan fingerprint density at radius 3 is 2.45 bits per heavy atom. The molecule has 0 radical (unpaired) electrons. The molecule has 0 aliphatic carbocycles. The van der Waals surface area contributed by atoms with Crippen LogP contribution >= 0.6 is 0 Å². The molecule has 1 N–H and O–H groups in total. The van der Waals surface area contributed by atoms with Gasteiger partial charge in [-0.25, -0.2) is 9.78 Å². The Balaban J connectivity index is 1.61. The summed E-state index contributed by atoms with van der Waals surface area (Å²) in [7, 11) is 0. The van der Waals surface area contributed by atoms with Gasteiger partial charge in [-0.2, -0.15) is 0 Å². The van der Waals surface area contributed by atoms with Crippen molar-refractivity contribution in [3.05, 3.63) is 53.9 Å². The standard InChI is InChI=1S/C22H28N4O3/c1-4-29-22(28)26-13-11-25(12-14-26)17-9-10-20(23-15-17)21(27)24-19-8-6-5-7-18(19)16(2)3/h5-10,15-16H,4,11-14H2,1-3H3,(H,24,27). The number of nitrogens with zero attached hydrogens (tertiary/aromatic N) is 3. The van der Waals surface area contributed by atoms with Gasteiger partial charge in [0.05, 0.1) is 18.5 Å². The molecule has 0 spiro atoms. The topological polar surface area (TPSA) is 74.8 Å². The highest BCUT2D eigenvalue weighted by atomic mass is 16.6. The van der Waals surface area contributed by atoms with Crippen LogP contribution in [0.4, 0.5) is 16.2 Å². The van der Waals surface area contributed by atoms with Gasteiger partial charge < -0.3 is 19.9 Å². The van der Waals surface area contributed by atoms with Crippen LogP contribution in [0.5, 0.6) is 0 Å². The first kappa shape index (κ1) is 20.6. The van der Waals surface area contributed by atoms with Crippen molar-refractivity contribution in [2.24, 2.45) is 0 Å². The predicted molar refractivity (Wildman–Crippen MR) is 114 cm³/mol. The van der Waals surface area contributed by atoms with Crippen LogP contribution in [0.2, 0.25) is 0 Å². The van der Waals surface area contributed by atoms with E-state index in [1.54, 1.807) is 24.1 Å². The molecule has 1 aliphatic rings. The molecule has 0 saturated carbocycles. The molecule has 2 heterocycles. The van der Waals surface area contributed by atoms with Crippen LogP contribution in [0.25, 0.3) is 0 Å². The second-order valence-electron chi connectivity index (χ2n) is 7.27. The van der Waals surface area contributed by atoms with Gasteiger partial charge in [-0.1, -0.05) is 32.0 Å². The van der Waals surface area contributed by atoms with Gasteiger partial charge in [-0.3, -0.25) is 4.79 Å². The summed E-state index contributed by atoms with van der Waals surface area (Å²) in [6.45, 7) is 8.99. The molecule has 2 amide bonds. The van der Waals surface area contributed by atoms with Gasteiger partial charge in [0, 0.05) is 31.9 Å². The van der Waals surface area contributed by atoms with E-state index in [9.17, 15) is 9.59 Å². The average Bonchev–Trinajstić information content (AvgIpc) is 2.74. The number of ether oxygens (including phenoxy) is 1. The molecule has 2 aromatic rings. The van der Waals surface area contributed by atoms with Crippen molar-refractivity contribution in [1.29, 1.82) is 0 Å². The third-order valence-corrected chi connectivity index (χ3v) is 4.98. The zero-order valence-electron chi connectivity index (χ0n) is 17.2. The minimum absolute atomic E-state index is 0.225. The number of amides is 2. The summed E-state index contributed by atoms with van der Waals surface area (Å²) >= 11 is 0. The normalized spacial score (nSPS) is 14.1. The van der Waals surface area contributed by atoms with Gasteiger partial charge >= 0.3 is 6.09 Å². The first-order valence-electron chi connectivity index (χ1n) is 10.0. The number of piperazine rings is 1. The van der Waals surface area contributed by atoms with Gasteiger partial charge in [-0.15, -0.1) is 0 Å². The minimum Gasteiger partial charge on any atom is -0.450 e. The Kier molecular flexibility index (Phi) is 6.69. The lowest BCUT2D eigenvalue weighted by molar-refractivity contribution is 0.101. The fraction of sp³-hybridized carbons (Fsp3) is 0.409. The number of hydrogen-bond acceptors (Lipinski definition) is 5. The molecule has 0 unspecified atom stereocenters. The number of benzene rings is 1. The second kappa shape index (κ2) is 9.41. The number of rotatable bonds is 5. The van der Waals surface area contributed by atoms with E-state index in [0.29, 0.717) is 44.4 Å². The number of para-hydroxylation sites is 1. The molecule has 7 nitrogen and oxygen atoms in total. The maximum atomic E-state index is 12.6. The Labute approximate surface area is 171 Å². The number of carbonyl (C=O) groups excluding carboxylic acids is 2. The molecular formula is C22H28N4O3. The molecule has 1 aromatic carbocycles. The quantitative estimate of drug-likeness (QED) is 0.833. The maximum absolute atomic E-state index is 12.6. The summed E-state index contributed by atoms with van der Waals surface area (Å²) in [4.78, 5) is 32.6. The zero-order valence-corrected chi connectivity index (χ0v) is 17.2. The molecule has 7 heteroatoms. The van der Waals surface area contributed by atoms with Gasteiger partial charge in [0.2, 0.25) is 0 Å². The first-order valence-corrected chi connectivity index (χ1v) is 10.0. The van der Waals surface area contributed by atoms with E-state index >= 15 is 0 Å². The molecule has 1 saturated heterocycles. The van der Waals surface area contributed by atoms with Gasteiger partial charge in [0.25, 0.3) is 5.91 Å². The molecule has 0 atom stereocenters. The van der Waals surface area contributed by atoms with Crippen LogP contribution < -0.4 is 10.2 Å². The summed E-state index contributed by atoms with van der Waals surface area (Å²) in [5.74, 6) is 0.0897. The highest BCUT2D eigenvalue weighted by Gasteiger charge is 2.22. The van der Waals surface area contributed by atoms with E-state index in [0.717, 1.165) is 16.9 Å². The van der Waals surface area contributed by atoms with E-state index in [2.05, 4.69) is 29.0 Å². The fourth-order valence-electron chi connectivity index (χ4n) is 3.37. The van der Waals surface area contributed by atoms with E-state index < -0.39 is 0 Å². The van der Waals surface area contributed by atoms with E-state index in [4.69, 9.17) is 4.74 Å². The Bertz CT molecular complexity index is 843. The molecule has 29 heavy (non-hydrogen) atoms. The van der Waals surface area contributed by atoms with E-state index in [-0.39, 0.29) is 12.0 Å². The molecule has 1 fully saturated rings. The SMILES string of the molecule is CCOC(=O)N1CCN(c2ccc(C(=O)Nc3ccccc3C(C)C)nc2)CC1. The van der Waals surface area contributed by atoms with Crippen molar-refractivity contribution in [3.63, 3.8) is 0 Å². The van der Waals surface area contributed by atoms with E-state index in [1.165, 1.54) is 0 Å². The van der Waals surface area contributed by atoms with Gasteiger partial charge in [0.15, 0.2) is 0 Å². The number of anilines is 2. The number of nitrogens with one attached hydrogen (secondary N) is 1. The van der Waals surface area contributed by atoms with Crippen LogP contribution in [0.15, 0.2) is 42.6 Å². The van der Waals surface area contributed by atoms with Crippen molar-refractivity contribution in [1.82, 2.24) is 9.88 Å². The Morgan fingerprint density at radius 1 is 1.10 bits per heavy atom. The van der Waals surface area contributed by atoms with Crippen molar-refractivity contribution in [3.8, 4) is 0 Å². The lowest BCUT2D eigenvalue weighted by Gasteiger charge is -2.35. The Hall–Kier alpha value is -3.09. The summed E-state index contributed by atoms with van der Waals surface area (Å²) in [6, 6.07) is 11.4. The first-order chi connectivity index (χ1) is 14.0. The van der Waals surface area contributed by atoms with Crippen LogP contribution in [-0.4, -0.2) is 54.7 Å². The molecule has 1 aromatic heterocycles. The van der Waals surface area contributed by atoms with Crippen LogP contribution in [-0.2, 0) is 4.74 Å². The number of aromatic nitrogens is 1.